The largest absolute Gasteiger partial charge is 0.251 e. The van der Waals surface area contributed by atoms with E-state index < -0.39 is 0 Å². The number of allylic oxidation sites excluding steroid dienone is 1. The molecule has 1 nitrogen and oxygen atoms in total. The van der Waals surface area contributed by atoms with Gasteiger partial charge in [-0.1, -0.05) is 68.0 Å². The maximum absolute atomic E-state index is 4.97. The summed E-state index contributed by atoms with van der Waals surface area (Å²) in [5.41, 5.74) is 6.30. The molecule has 1 heterocycles. The van der Waals surface area contributed by atoms with Gasteiger partial charge in [0.1, 0.15) is 0 Å². The Kier molecular flexibility index (Phi) is 2.43. The van der Waals surface area contributed by atoms with Crippen molar-refractivity contribution >= 4 is 17.5 Å². The fraction of sp³-hybridized carbons (Fsp3) is 0.211. The van der Waals surface area contributed by atoms with E-state index in [-0.39, 0.29) is 5.41 Å². The van der Waals surface area contributed by atoms with E-state index >= 15 is 0 Å². The molecule has 1 aliphatic heterocycles. The molecule has 0 saturated carbocycles. The van der Waals surface area contributed by atoms with Crippen molar-refractivity contribution in [2.45, 2.75) is 25.2 Å². The van der Waals surface area contributed by atoms with Gasteiger partial charge < -0.3 is 0 Å². The fourth-order valence-electron chi connectivity index (χ4n) is 3.59. The van der Waals surface area contributed by atoms with E-state index in [9.17, 15) is 0 Å². The Morgan fingerprint density at radius 2 is 1.80 bits per heavy atom. The number of hydrogen-bond acceptors (Lipinski definition) is 1. The van der Waals surface area contributed by atoms with Crippen molar-refractivity contribution in [1.82, 2.24) is 0 Å². The smallest absolute Gasteiger partial charge is 0.0678 e. The molecule has 1 heteroatoms. The van der Waals surface area contributed by atoms with Crippen LogP contribution < -0.4 is 0 Å². The number of fused-ring (bicyclic) bond motifs is 5. The highest BCUT2D eigenvalue weighted by Crippen LogP contribution is 2.48. The molecule has 0 amide bonds. The van der Waals surface area contributed by atoms with Gasteiger partial charge in [0, 0.05) is 5.56 Å². The predicted molar refractivity (Wildman–Crippen MR) is 84.7 cm³/mol. The molecule has 2 aliphatic rings. The van der Waals surface area contributed by atoms with Crippen molar-refractivity contribution in [3.05, 3.63) is 71.3 Å². The standard InChI is InChI=1S/C19H17N/c1-2-12-19-13-11-14-7-3-4-8-15(14)18(19)20-17-10-6-5-9-16(17)19/h3-11,13H,2,12H2,1H3/t19-/m1/s1. The Bertz CT molecular complexity index is 739. The third-order valence-electron chi connectivity index (χ3n) is 4.45. The normalized spacial score (nSPS) is 21.9. The highest BCUT2D eigenvalue weighted by Gasteiger charge is 2.43. The first-order chi connectivity index (χ1) is 9.85. The van der Waals surface area contributed by atoms with Crippen LogP contribution in [-0.2, 0) is 5.41 Å². The van der Waals surface area contributed by atoms with E-state index in [0.717, 1.165) is 18.5 Å². The Labute approximate surface area is 119 Å². The maximum Gasteiger partial charge on any atom is 0.0678 e. The molecule has 0 saturated heterocycles. The van der Waals surface area contributed by atoms with Gasteiger partial charge in [-0.25, -0.2) is 0 Å². The highest BCUT2D eigenvalue weighted by molar-refractivity contribution is 6.17. The van der Waals surface area contributed by atoms with Crippen LogP contribution in [0.5, 0.6) is 0 Å². The summed E-state index contributed by atoms with van der Waals surface area (Å²) < 4.78 is 0. The summed E-state index contributed by atoms with van der Waals surface area (Å²) in [5, 5.41) is 0. The van der Waals surface area contributed by atoms with Gasteiger partial charge in [0.15, 0.2) is 0 Å². The zero-order valence-electron chi connectivity index (χ0n) is 11.6. The molecule has 0 unspecified atom stereocenters. The first-order valence-electron chi connectivity index (χ1n) is 7.32. The minimum absolute atomic E-state index is 0.0142. The van der Waals surface area contributed by atoms with Crippen molar-refractivity contribution in [2.75, 3.05) is 0 Å². The molecule has 20 heavy (non-hydrogen) atoms. The number of para-hydroxylation sites is 1. The molecule has 98 valence electrons. The summed E-state index contributed by atoms with van der Waals surface area (Å²) in [4.78, 5) is 4.97. The van der Waals surface area contributed by atoms with Crippen LogP contribution in [0.3, 0.4) is 0 Å². The van der Waals surface area contributed by atoms with Crippen molar-refractivity contribution in [1.29, 1.82) is 0 Å². The third-order valence-corrected chi connectivity index (χ3v) is 4.45. The molecule has 0 bridgehead atoms. The van der Waals surface area contributed by atoms with Gasteiger partial charge in [-0.3, -0.25) is 4.99 Å². The minimum atomic E-state index is -0.0142. The molecule has 2 aromatic rings. The molecule has 2 aromatic carbocycles. The average molecular weight is 259 g/mol. The Morgan fingerprint density at radius 3 is 2.70 bits per heavy atom. The Balaban J connectivity index is 2.01. The van der Waals surface area contributed by atoms with Crippen LogP contribution in [0.15, 0.2) is 59.6 Å². The number of benzene rings is 2. The summed E-state index contributed by atoms with van der Waals surface area (Å²) in [6, 6.07) is 17.2. The molecule has 4 rings (SSSR count). The monoisotopic (exact) mass is 259 g/mol. The van der Waals surface area contributed by atoms with Gasteiger partial charge in [0.2, 0.25) is 0 Å². The van der Waals surface area contributed by atoms with E-state index in [1.54, 1.807) is 0 Å². The number of hydrogen-bond donors (Lipinski definition) is 0. The van der Waals surface area contributed by atoms with Gasteiger partial charge in [0.05, 0.1) is 16.8 Å². The zero-order valence-corrected chi connectivity index (χ0v) is 11.6. The first-order valence-corrected chi connectivity index (χ1v) is 7.32. The average Bonchev–Trinajstić information content (AvgIpc) is 2.83. The number of nitrogens with zero attached hydrogens (tertiary/aromatic N) is 1. The molecular formula is C19H17N. The fourth-order valence-corrected chi connectivity index (χ4v) is 3.59. The molecule has 0 aromatic heterocycles. The van der Waals surface area contributed by atoms with E-state index in [1.165, 1.54) is 22.4 Å². The van der Waals surface area contributed by atoms with E-state index in [0.29, 0.717) is 0 Å². The predicted octanol–water partition coefficient (Wildman–Crippen LogP) is 4.89. The summed E-state index contributed by atoms with van der Waals surface area (Å²) in [6.07, 6.45) is 6.91. The van der Waals surface area contributed by atoms with E-state index in [4.69, 9.17) is 4.99 Å². The van der Waals surface area contributed by atoms with Crippen LogP contribution in [0, 0.1) is 0 Å². The second kappa shape index (κ2) is 4.17. The molecule has 0 spiro atoms. The van der Waals surface area contributed by atoms with Crippen molar-refractivity contribution in [3.63, 3.8) is 0 Å². The van der Waals surface area contributed by atoms with Crippen molar-refractivity contribution < 1.29 is 0 Å². The molecule has 0 fully saturated rings. The quantitative estimate of drug-likeness (QED) is 0.728. The van der Waals surface area contributed by atoms with Crippen molar-refractivity contribution in [2.24, 2.45) is 4.99 Å². The lowest BCUT2D eigenvalue weighted by Crippen LogP contribution is -2.34. The summed E-state index contributed by atoms with van der Waals surface area (Å²) >= 11 is 0. The van der Waals surface area contributed by atoms with Gasteiger partial charge >= 0.3 is 0 Å². The van der Waals surface area contributed by atoms with E-state index in [2.05, 4.69) is 67.6 Å². The topological polar surface area (TPSA) is 12.4 Å². The van der Waals surface area contributed by atoms with Crippen molar-refractivity contribution in [3.8, 4) is 0 Å². The highest BCUT2D eigenvalue weighted by atomic mass is 14.8. The zero-order chi connectivity index (χ0) is 13.6. The van der Waals surface area contributed by atoms with E-state index in [1.807, 2.05) is 0 Å². The van der Waals surface area contributed by atoms with Crippen LogP contribution >= 0.6 is 0 Å². The first kappa shape index (κ1) is 11.7. The Morgan fingerprint density at radius 1 is 1.00 bits per heavy atom. The maximum atomic E-state index is 4.97. The molecular weight excluding hydrogens is 242 g/mol. The lowest BCUT2D eigenvalue weighted by molar-refractivity contribution is 0.635. The van der Waals surface area contributed by atoms with Gasteiger partial charge in [0.25, 0.3) is 0 Å². The molecule has 1 aliphatic carbocycles. The molecule has 0 N–H and O–H groups in total. The number of rotatable bonds is 2. The lowest BCUT2D eigenvalue weighted by Gasteiger charge is -2.32. The van der Waals surface area contributed by atoms with Crippen LogP contribution in [0.2, 0.25) is 0 Å². The van der Waals surface area contributed by atoms with Crippen LogP contribution in [0.25, 0.3) is 6.08 Å². The summed E-state index contributed by atoms with van der Waals surface area (Å²) in [7, 11) is 0. The summed E-state index contributed by atoms with van der Waals surface area (Å²) in [5.74, 6) is 0. The lowest BCUT2D eigenvalue weighted by atomic mass is 9.69. The second-order valence-corrected chi connectivity index (χ2v) is 5.62. The van der Waals surface area contributed by atoms with Crippen LogP contribution in [0.4, 0.5) is 5.69 Å². The molecule has 0 radical (unpaired) electrons. The summed E-state index contributed by atoms with van der Waals surface area (Å²) in [6.45, 7) is 2.25. The molecule has 1 atom stereocenters. The SMILES string of the molecule is CCC[C@]12C=Cc3ccccc3C1=Nc1ccccc12. The van der Waals surface area contributed by atoms with Gasteiger partial charge in [-0.2, -0.15) is 0 Å². The van der Waals surface area contributed by atoms with Crippen LogP contribution in [0.1, 0.15) is 36.5 Å². The Hall–Kier alpha value is -2.15. The second-order valence-electron chi connectivity index (χ2n) is 5.62. The van der Waals surface area contributed by atoms with Crippen LogP contribution in [-0.4, -0.2) is 5.71 Å². The minimum Gasteiger partial charge on any atom is -0.251 e. The van der Waals surface area contributed by atoms with Gasteiger partial charge in [-0.15, -0.1) is 0 Å². The van der Waals surface area contributed by atoms with Gasteiger partial charge in [-0.05, 0) is 23.6 Å². The third kappa shape index (κ3) is 1.41. The number of aliphatic imine (C=N–C) groups is 1.